The number of nitrogens with zero attached hydrogens (tertiary/aromatic N) is 4. The van der Waals surface area contributed by atoms with Crippen LogP contribution in [0.5, 0.6) is 11.5 Å². The number of benzene rings is 2. The minimum Gasteiger partial charge on any atom is -0.493 e. The molecule has 1 aliphatic rings. The Kier molecular flexibility index (Phi) is 6.78. The number of aromatic nitrogens is 1. The van der Waals surface area contributed by atoms with Crippen LogP contribution in [0.2, 0.25) is 0 Å². The van der Waals surface area contributed by atoms with E-state index in [0.29, 0.717) is 11.1 Å². The molecule has 12 nitrogen and oxygen atoms in total. The number of ether oxygens (including phenoxy) is 2. The fourth-order valence-corrected chi connectivity index (χ4v) is 3.85. The highest BCUT2D eigenvalue weighted by atomic mass is 16.5. The van der Waals surface area contributed by atoms with E-state index in [4.69, 9.17) is 26.2 Å². The molecule has 0 aliphatic carbocycles. The molecule has 0 amide bonds. The molecular formula is C23H21BN8O4. The summed E-state index contributed by atoms with van der Waals surface area (Å²) in [5.41, 5.74) is 13.8. The second-order valence-electron chi connectivity index (χ2n) is 7.69. The van der Waals surface area contributed by atoms with Crippen LogP contribution in [0.1, 0.15) is 28.3 Å². The van der Waals surface area contributed by atoms with Crippen LogP contribution in [-0.2, 0) is 6.61 Å². The molecule has 2 aromatic carbocycles. The first-order chi connectivity index (χ1) is 17.4. The van der Waals surface area contributed by atoms with Crippen molar-refractivity contribution < 1.29 is 19.5 Å². The third-order valence-electron chi connectivity index (χ3n) is 5.50. The second kappa shape index (κ2) is 10.1. The van der Waals surface area contributed by atoms with E-state index in [1.54, 1.807) is 12.3 Å². The number of pyridine rings is 1. The molecule has 1 aromatic heterocycles. The molecule has 8 N–H and O–H groups in total. The van der Waals surface area contributed by atoms with Gasteiger partial charge in [-0.3, -0.25) is 5.32 Å². The van der Waals surface area contributed by atoms with Gasteiger partial charge in [0.2, 0.25) is 5.96 Å². The Morgan fingerprint density at radius 2 is 1.94 bits per heavy atom. The smallest absolute Gasteiger partial charge is 0.492 e. The van der Waals surface area contributed by atoms with Crippen molar-refractivity contribution in [3.8, 4) is 23.8 Å². The molecule has 1 atom stereocenters. The van der Waals surface area contributed by atoms with Crippen molar-refractivity contribution in [3.63, 3.8) is 0 Å². The first-order valence-electron chi connectivity index (χ1n) is 10.6. The maximum absolute atomic E-state index is 10.2. The number of nitriles is 2. The normalized spacial score (nSPS) is 13.8. The van der Waals surface area contributed by atoms with Gasteiger partial charge in [0.15, 0.2) is 17.7 Å². The number of nitrogens with one attached hydrogen (secondary N) is 2. The highest BCUT2D eigenvalue weighted by Crippen LogP contribution is 2.42. The summed E-state index contributed by atoms with van der Waals surface area (Å²) in [6.07, 6.45) is 1.77. The molecule has 0 bridgehead atoms. The molecule has 180 valence electrons. The quantitative estimate of drug-likeness (QED) is 0.160. The molecule has 2 heterocycles. The number of hydrogen-bond acceptors (Lipinski definition) is 12. The average molecular weight is 484 g/mol. The van der Waals surface area contributed by atoms with Crippen LogP contribution in [0.3, 0.4) is 0 Å². The molecule has 1 unspecified atom stereocenters. The van der Waals surface area contributed by atoms with Crippen molar-refractivity contribution in [3.05, 3.63) is 64.7 Å². The predicted octanol–water partition coefficient (Wildman–Crippen LogP) is 0.327. The molecular weight excluding hydrogens is 463 g/mol. The van der Waals surface area contributed by atoms with Crippen LogP contribution in [0, 0.1) is 22.8 Å². The third-order valence-corrected chi connectivity index (χ3v) is 5.50. The zero-order valence-corrected chi connectivity index (χ0v) is 19.1. The molecule has 3 aromatic rings. The zero-order chi connectivity index (χ0) is 25.8. The summed E-state index contributed by atoms with van der Waals surface area (Å²) >= 11 is 0. The largest absolute Gasteiger partial charge is 0.493 e. The van der Waals surface area contributed by atoms with Crippen LogP contribution in [0.4, 0.5) is 17.3 Å². The van der Waals surface area contributed by atoms with Gasteiger partial charge in [0, 0.05) is 11.0 Å². The molecule has 13 heteroatoms. The summed E-state index contributed by atoms with van der Waals surface area (Å²) in [5, 5.41) is 44.2. The fraction of sp³-hybridized carbons (Fsp3) is 0.130. The number of anilines is 3. The summed E-state index contributed by atoms with van der Waals surface area (Å²) < 4.78 is 11.4. The standard InChI is InChI=1S/C23H21BN8O4/c1-35-16-8-13(7-15(24(33)34)20(16)36-10-12-5-3-2-4-6-12)19-17-18(27)14(9-25)21(28)31-22(17)32-23(30-19)29-11-26/h2-8,19,33-34H,10H2,1H3,(H6,27,28,29,30,31,32). The third kappa shape index (κ3) is 4.52. The Hall–Kier alpha value is -4.98. The van der Waals surface area contributed by atoms with E-state index >= 15 is 0 Å². The first kappa shape index (κ1) is 24.2. The van der Waals surface area contributed by atoms with Crippen molar-refractivity contribution in [2.75, 3.05) is 23.9 Å². The summed E-state index contributed by atoms with van der Waals surface area (Å²) in [5.74, 6) is 0.498. The van der Waals surface area contributed by atoms with Crippen molar-refractivity contribution in [1.82, 2.24) is 10.3 Å². The van der Waals surface area contributed by atoms with Crippen molar-refractivity contribution in [1.29, 1.82) is 10.5 Å². The number of nitrogen functional groups attached to an aromatic ring is 2. The number of methoxy groups -OCH3 is 1. The van der Waals surface area contributed by atoms with Gasteiger partial charge in [-0.15, -0.1) is 0 Å². The maximum Gasteiger partial charge on any atom is 0.492 e. The van der Waals surface area contributed by atoms with Gasteiger partial charge in [0.25, 0.3) is 0 Å². The molecule has 1 aliphatic heterocycles. The summed E-state index contributed by atoms with van der Waals surface area (Å²) in [6.45, 7) is 0.155. The molecule has 0 fully saturated rings. The topological polar surface area (TPSA) is 208 Å². The summed E-state index contributed by atoms with van der Waals surface area (Å²) in [6, 6.07) is 13.4. The van der Waals surface area contributed by atoms with Gasteiger partial charge in [-0.25, -0.2) is 9.98 Å². The molecule has 36 heavy (non-hydrogen) atoms. The van der Waals surface area contributed by atoms with Crippen molar-refractivity contribution in [2.45, 2.75) is 12.6 Å². The molecule has 0 saturated carbocycles. The van der Waals surface area contributed by atoms with Crippen LogP contribution in [0.15, 0.2) is 47.5 Å². The Balaban J connectivity index is 1.86. The Bertz CT molecular complexity index is 1420. The lowest BCUT2D eigenvalue weighted by atomic mass is 9.77. The summed E-state index contributed by atoms with van der Waals surface area (Å²) in [7, 11) is -0.502. The zero-order valence-electron chi connectivity index (χ0n) is 19.1. The molecule has 4 rings (SSSR count). The van der Waals surface area contributed by atoms with Crippen LogP contribution in [0.25, 0.3) is 0 Å². The number of guanidine groups is 1. The Labute approximate surface area is 206 Å². The lowest BCUT2D eigenvalue weighted by Gasteiger charge is -2.27. The van der Waals surface area contributed by atoms with Gasteiger partial charge in [-0.05, 0) is 17.2 Å². The predicted molar refractivity (Wildman–Crippen MR) is 133 cm³/mol. The van der Waals surface area contributed by atoms with Gasteiger partial charge in [0.05, 0.1) is 12.8 Å². The molecule has 0 radical (unpaired) electrons. The van der Waals surface area contributed by atoms with E-state index in [2.05, 4.69) is 20.6 Å². The molecule has 0 spiro atoms. The lowest BCUT2D eigenvalue weighted by Crippen LogP contribution is -2.34. The minimum atomic E-state index is -1.91. The Morgan fingerprint density at radius 3 is 2.58 bits per heavy atom. The number of nitrogens with two attached hydrogens (primary N) is 2. The van der Waals surface area contributed by atoms with E-state index in [0.717, 1.165) is 5.56 Å². The van der Waals surface area contributed by atoms with E-state index in [9.17, 15) is 15.3 Å². The van der Waals surface area contributed by atoms with Gasteiger partial charge in [-0.1, -0.05) is 36.4 Å². The van der Waals surface area contributed by atoms with E-state index < -0.39 is 13.2 Å². The fourth-order valence-electron chi connectivity index (χ4n) is 3.85. The maximum atomic E-state index is 10.2. The minimum absolute atomic E-state index is 0.0211. The lowest BCUT2D eigenvalue weighted by molar-refractivity contribution is 0.285. The Morgan fingerprint density at radius 1 is 1.19 bits per heavy atom. The first-order valence-corrected chi connectivity index (χ1v) is 10.6. The highest BCUT2D eigenvalue weighted by molar-refractivity contribution is 6.60. The number of rotatable bonds is 6. The summed E-state index contributed by atoms with van der Waals surface area (Å²) in [4.78, 5) is 8.70. The average Bonchev–Trinajstić information content (AvgIpc) is 2.87. The van der Waals surface area contributed by atoms with E-state index in [1.807, 2.05) is 36.4 Å². The van der Waals surface area contributed by atoms with Crippen molar-refractivity contribution >= 4 is 35.9 Å². The van der Waals surface area contributed by atoms with Gasteiger partial charge in [0.1, 0.15) is 35.9 Å². The van der Waals surface area contributed by atoms with Gasteiger partial charge >= 0.3 is 7.12 Å². The van der Waals surface area contributed by atoms with E-state index in [1.165, 1.54) is 13.2 Å². The van der Waals surface area contributed by atoms with Crippen molar-refractivity contribution in [2.24, 2.45) is 4.99 Å². The van der Waals surface area contributed by atoms with Gasteiger partial charge < -0.3 is 36.3 Å². The van der Waals surface area contributed by atoms with Gasteiger partial charge in [-0.2, -0.15) is 10.5 Å². The SMILES string of the molecule is COc1cc(C2N=C(NC#N)Nc3nc(N)c(C#N)c(N)c32)cc(B(O)O)c1OCc1ccccc1. The second-order valence-corrected chi connectivity index (χ2v) is 7.69. The van der Waals surface area contributed by atoms with Crippen LogP contribution in [-0.4, -0.2) is 35.2 Å². The monoisotopic (exact) mass is 484 g/mol. The van der Waals surface area contributed by atoms with E-state index in [-0.39, 0.29) is 52.4 Å². The number of fused-ring (bicyclic) bond motifs is 1. The number of aliphatic imine (C=N–C) groups is 1. The van der Waals surface area contributed by atoms with Crippen LogP contribution < -0.4 is 37.0 Å². The molecule has 0 saturated heterocycles. The van der Waals surface area contributed by atoms with Crippen LogP contribution >= 0.6 is 0 Å². The number of hydrogen-bond donors (Lipinski definition) is 6. The highest BCUT2D eigenvalue weighted by Gasteiger charge is 2.32.